The number of rotatable bonds is 4. The quantitative estimate of drug-likeness (QED) is 0.593. The number of aryl methyl sites for hydroxylation is 2. The number of thiazole rings is 1. The van der Waals surface area contributed by atoms with Crippen LogP contribution in [-0.2, 0) is 11.3 Å². The zero-order valence-corrected chi connectivity index (χ0v) is 18.2. The van der Waals surface area contributed by atoms with E-state index in [1.807, 2.05) is 6.07 Å². The molecule has 0 radical (unpaired) electrons. The number of ether oxygens (including phenoxy) is 3. The Bertz CT molecular complexity index is 1110. The zero-order valence-electron chi connectivity index (χ0n) is 17.4. The van der Waals surface area contributed by atoms with E-state index in [4.69, 9.17) is 19.2 Å². The highest BCUT2D eigenvalue weighted by Crippen LogP contribution is 2.35. The lowest BCUT2D eigenvalue weighted by molar-refractivity contribution is 0.0968. The van der Waals surface area contributed by atoms with Gasteiger partial charge in [-0.15, -0.1) is 11.3 Å². The molecule has 0 N–H and O–H groups in total. The average Bonchev–Trinajstić information content (AvgIpc) is 3.38. The van der Waals surface area contributed by atoms with E-state index >= 15 is 0 Å². The van der Waals surface area contributed by atoms with Gasteiger partial charge < -0.3 is 18.8 Å². The van der Waals surface area contributed by atoms with Crippen molar-refractivity contribution in [1.29, 1.82) is 0 Å². The lowest BCUT2D eigenvalue weighted by Gasteiger charge is -2.19. The second-order valence-corrected chi connectivity index (χ2v) is 8.80. The van der Waals surface area contributed by atoms with Gasteiger partial charge in [-0.1, -0.05) is 6.07 Å². The summed E-state index contributed by atoms with van der Waals surface area (Å²) in [5.74, 6) is 1.62. The van der Waals surface area contributed by atoms with Crippen molar-refractivity contribution in [3.8, 4) is 22.8 Å². The van der Waals surface area contributed by atoms with Crippen LogP contribution in [0.1, 0.15) is 24.0 Å². The number of aromatic nitrogens is 1. The molecule has 2 aliphatic rings. The molecule has 5 rings (SSSR count). The number of fused-ring (bicyclic) bond motifs is 1. The molecular weight excluding hydrogens is 396 g/mol. The van der Waals surface area contributed by atoms with Crippen molar-refractivity contribution < 1.29 is 14.2 Å². The number of hydrogen-bond donors (Lipinski definition) is 0. The molecule has 0 aliphatic carbocycles. The largest absolute Gasteiger partial charge is 0.486 e. The number of hydrogen-bond acceptors (Lipinski definition) is 5. The molecule has 3 heterocycles. The van der Waals surface area contributed by atoms with Crippen LogP contribution in [0.15, 0.2) is 46.8 Å². The minimum atomic E-state index is 0.230. The third-order valence-electron chi connectivity index (χ3n) is 5.48. The summed E-state index contributed by atoms with van der Waals surface area (Å²) >= 11 is 1.67. The zero-order chi connectivity index (χ0) is 20.5. The summed E-state index contributed by atoms with van der Waals surface area (Å²) in [6, 6.07) is 12.6. The van der Waals surface area contributed by atoms with E-state index in [-0.39, 0.29) is 6.10 Å². The monoisotopic (exact) mass is 422 g/mol. The van der Waals surface area contributed by atoms with Crippen molar-refractivity contribution in [3.05, 3.63) is 57.7 Å². The Morgan fingerprint density at radius 3 is 2.57 bits per heavy atom. The Hall–Kier alpha value is -2.57. The average molecular weight is 423 g/mol. The Kier molecular flexibility index (Phi) is 5.35. The van der Waals surface area contributed by atoms with Crippen LogP contribution in [-0.4, -0.2) is 30.5 Å². The number of nitrogens with zero attached hydrogens (tertiary/aromatic N) is 2. The van der Waals surface area contributed by atoms with Crippen molar-refractivity contribution in [2.24, 2.45) is 4.99 Å². The highest BCUT2D eigenvalue weighted by atomic mass is 32.1. The molecule has 1 fully saturated rings. The lowest BCUT2D eigenvalue weighted by Crippen LogP contribution is -2.24. The summed E-state index contributed by atoms with van der Waals surface area (Å²) in [5, 5.41) is 2.18. The summed E-state index contributed by atoms with van der Waals surface area (Å²) < 4.78 is 19.7. The van der Waals surface area contributed by atoms with Gasteiger partial charge in [0.05, 0.1) is 24.0 Å². The molecule has 0 saturated carbocycles. The predicted molar refractivity (Wildman–Crippen MR) is 119 cm³/mol. The van der Waals surface area contributed by atoms with E-state index in [2.05, 4.69) is 54.1 Å². The molecule has 6 heteroatoms. The van der Waals surface area contributed by atoms with E-state index in [9.17, 15) is 0 Å². The summed E-state index contributed by atoms with van der Waals surface area (Å²) in [4.78, 5) is 5.99. The van der Waals surface area contributed by atoms with Crippen LogP contribution in [0, 0.1) is 13.8 Å². The van der Waals surface area contributed by atoms with E-state index in [0.717, 1.165) is 59.2 Å². The first-order valence-corrected chi connectivity index (χ1v) is 11.4. The summed E-state index contributed by atoms with van der Waals surface area (Å²) in [7, 11) is 0. The van der Waals surface area contributed by atoms with Gasteiger partial charge in [0.25, 0.3) is 0 Å². The van der Waals surface area contributed by atoms with E-state index < -0.39 is 0 Å². The van der Waals surface area contributed by atoms with Crippen LogP contribution in [0.3, 0.4) is 0 Å². The van der Waals surface area contributed by atoms with Crippen molar-refractivity contribution in [2.75, 3.05) is 19.8 Å². The maximum atomic E-state index is 5.95. The molecule has 30 heavy (non-hydrogen) atoms. The Morgan fingerprint density at radius 1 is 1.00 bits per heavy atom. The molecule has 3 aromatic rings. The molecule has 2 aliphatic heterocycles. The highest BCUT2D eigenvalue weighted by molar-refractivity contribution is 7.07. The van der Waals surface area contributed by atoms with Gasteiger partial charge in [0.1, 0.15) is 13.2 Å². The van der Waals surface area contributed by atoms with Gasteiger partial charge in [-0.05, 0) is 68.1 Å². The van der Waals surface area contributed by atoms with Crippen molar-refractivity contribution in [1.82, 2.24) is 4.57 Å². The molecule has 0 bridgehead atoms. The molecular formula is C24H26N2O3S. The van der Waals surface area contributed by atoms with Gasteiger partial charge in [0.15, 0.2) is 16.3 Å². The second kappa shape index (κ2) is 8.28. The summed E-state index contributed by atoms with van der Waals surface area (Å²) in [6.45, 7) is 7.06. The van der Waals surface area contributed by atoms with Crippen LogP contribution in [0.2, 0.25) is 0 Å². The Labute approximate surface area is 180 Å². The van der Waals surface area contributed by atoms with Crippen LogP contribution in [0.5, 0.6) is 11.5 Å². The number of benzene rings is 2. The highest BCUT2D eigenvalue weighted by Gasteiger charge is 2.20. The van der Waals surface area contributed by atoms with Gasteiger partial charge in [-0.2, -0.15) is 0 Å². The van der Waals surface area contributed by atoms with E-state index in [0.29, 0.717) is 13.2 Å². The fourth-order valence-corrected chi connectivity index (χ4v) is 5.08. The molecule has 1 aromatic heterocycles. The third kappa shape index (κ3) is 4.02. The minimum absolute atomic E-state index is 0.230. The van der Waals surface area contributed by atoms with Crippen molar-refractivity contribution >= 4 is 17.0 Å². The topological polar surface area (TPSA) is 45.0 Å². The van der Waals surface area contributed by atoms with Crippen LogP contribution in [0.25, 0.3) is 11.3 Å². The van der Waals surface area contributed by atoms with Crippen molar-refractivity contribution in [3.63, 3.8) is 0 Å². The fraction of sp³-hybridized carbons (Fsp3) is 0.375. The molecule has 0 amide bonds. The smallest absolute Gasteiger partial charge is 0.190 e. The minimum Gasteiger partial charge on any atom is -0.486 e. The summed E-state index contributed by atoms with van der Waals surface area (Å²) in [6.07, 6.45) is 2.44. The first kappa shape index (κ1) is 19.4. The fourth-order valence-electron chi connectivity index (χ4n) is 4.15. The Balaban J connectivity index is 1.59. The molecule has 0 unspecified atom stereocenters. The van der Waals surface area contributed by atoms with Gasteiger partial charge in [0.2, 0.25) is 0 Å². The van der Waals surface area contributed by atoms with E-state index in [1.54, 1.807) is 11.3 Å². The molecule has 1 atom stereocenters. The maximum Gasteiger partial charge on any atom is 0.190 e. The molecule has 5 nitrogen and oxygen atoms in total. The van der Waals surface area contributed by atoms with Gasteiger partial charge >= 0.3 is 0 Å². The first-order valence-electron chi connectivity index (χ1n) is 10.5. The summed E-state index contributed by atoms with van der Waals surface area (Å²) in [5.41, 5.74) is 5.68. The third-order valence-corrected chi connectivity index (χ3v) is 6.34. The van der Waals surface area contributed by atoms with Crippen LogP contribution >= 0.6 is 11.3 Å². The molecule has 0 spiro atoms. The van der Waals surface area contributed by atoms with Crippen LogP contribution < -0.4 is 14.3 Å². The Morgan fingerprint density at radius 2 is 1.80 bits per heavy atom. The molecule has 2 aromatic carbocycles. The maximum absolute atomic E-state index is 5.95. The van der Waals surface area contributed by atoms with Crippen LogP contribution in [0.4, 0.5) is 5.69 Å². The standard InChI is InChI=1S/C24H26N2O3S/c1-16-10-17(2)12-19(11-16)25-24-26(14-20-4-3-7-27-20)21(15-30-24)18-5-6-22-23(13-18)29-9-8-28-22/h5-6,10-13,15,20H,3-4,7-9,14H2,1-2H3/t20-/m0/s1. The van der Waals surface area contributed by atoms with Crippen molar-refractivity contribution in [2.45, 2.75) is 39.3 Å². The first-order chi connectivity index (χ1) is 14.7. The van der Waals surface area contributed by atoms with Gasteiger partial charge in [-0.25, -0.2) is 4.99 Å². The molecule has 156 valence electrons. The van der Waals surface area contributed by atoms with Gasteiger partial charge in [0, 0.05) is 17.6 Å². The molecule has 1 saturated heterocycles. The predicted octanol–water partition coefficient (Wildman–Crippen LogP) is 5.02. The van der Waals surface area contributed by atoms with Gasteiger partial charge in [-0.3, -0.25) is 0 Å². The lowest BCUT2D eigenvalue weighted by atomic mass is 10.1. The van der Waals surface area contributed by atoms with E-state index in [1.165, 1.54) is 11.1 Å². The second-order valence-electron chi connectivity index (χ2n) is 7.97. The normalized spacial score (nSPS) is 18.7. The SMILES string of the molecule is Cc1cc(C)cc(N=c2scc(-c3ccc4c(c3)OCCO4)n2C[C@@H]2CCCO2)c1.